The van der Waals surface area contributed by atoms with Gasteiger partial charge in [-0.15, -0.1) is 11.3 Å². The minimum atomic E-state index is -3.68. The van der Waals surface area contributed by atoms with E-state index < -0.39 is 22.0 Å². The van der Waals surface area contributed by atoms with Crippen LogP contribution in [0, 0.1) is 6.92 Å². The van der Waals surface area contributed by atoms with E-state index in [-0.39, 0.29) is 4.21 Å². The zero-order chi connectivity index (χ0) is 14.2. The third kappa shape index (κ3) is 2.65. The topological polar surface area (TPSA) is 63.7 Å². The van der Waals surface area contributed by atoms with E-state index in [0.717, 1.165) is 16.9 Å². The fourth-order valence-electron chi connectivity index (χ4n) is 2.07. The van der Waals surface area contributed by atoms with Gasteiger partial charge in [-0.3, -0.25) is 4.79 Å². The van der Waals surface area contributed by atoms with Crippen LogP contribution < -0.4 is 0 Å². The zero-order valence-electron chi connectivity index (χ0n) is 10.6. The van der Waals surface area contributed by atoms with Gasteiger partial charge >= 0.3 is 5.97 Å². The first-order valence-corrected chi connectivity index (χ1v) is 8.37. The Morgan fingerprint density at radius 3 is 2.79 bits per heavy atom. The van der Waals surface area contributed by atoms with E-state index in [1.54, 1.807) is 6.92 Å². The maximum atomic E-state index is 12.5. The fourth-order valence-corrected chi connectivity index (χ4v) is 5.56. The Balaban J connectivity index is 2.36. The number of hydrogen-bond donors (Lipinski definition) is 0. The van der Waals surface area contributed by atoms with Gasteiger partial charge in [-0.2, -0.15) is 4.31 Å². The molecule has 2 rings (SSSR count). The van der Waals surface area contributed by atoms with Crippen LogP contribution in [0.4, 0.5) is 0 Å². The number of carbonyl (C=O) groups excluding carboxylic acids is 1. The molecule has 1 unspecified atom stereocenters. The molecule has 0 aliphatic carbocycles. The Kier molecular flexibility index (Phi) is 4.20. The summed E-state index contributed by atoms with van der Waals surface area (Å²) in [4.78, 5) is 11.6. The molecule has 5 nitrogen and oxygen atoms in total. The number of halogens is 1. The molecule has 1 aromatic heterocycles. The molecular weight excluding hydrogens is 310 g/mol. The minimum absolute atomic E-state index is 0.172. The third-order valence-electron chi connectivity index (χ3n) is 3.07. The Bertz CT molecular complexity index is 576. The smallest absolute Gasteiger partial charge is 0.324 e. The number of hydrogen-bond acceptors (Lipinski definition) is 5. The number of nitrogens with zero attached hydrogens (tertiary/aromatic N) is 1. The first-order chi connectivity index (χ1) is 8.87. The van der Waals surface area contributed by atoms with Crippen molar-refractivity contribution in [2.45, 2.75) is 30.0 Å². The summed E-state index contributed by atoms with van der Waals surface area (Å²) in [6.45, 7) is 2.08. The number of methoxy groups -OCH3 is 1. The molecular formula is C11H14ClNO4S2. The number of thiophene rings is 1. The monoisotopic (exact) mass is 323 g/mol. The van der Waals surface area contributed by atoms with Crippen molar-refractivity contribution in [2.75, 3.05) is 13.7 Å². The van der Waals surface area contributed by atoms with E-state index >= 15 is 0 Å². The van der Waals surface area contributed by atoms with Crippen molar-refractivity contribution in [1.82, 2.24) is 4.31 Å². The van der Waals surface area contributed by atoms with Gasteiger partial charge in [0.1, 0.15) is 10.3 Å². The van der Waals surface area contributed by atoms with Gasteiger partial charge < -0.3 is 4.74 Å². The van der Waals surface area contributed by atoms with Crippen molar-refractivity contribution in [2.24, 2.45) is 0 Å². The summed E-state index contributed by atoms with van der Waals surface area (Å²) in [7, 11) is -2.42. The second-order valence-electron chi connectivity index (χ2n) is 4.32. The SMILES string of the molecule is COC(=O)C1CCCN1S(=O)(=O)c1cc(C)c(Cl)s1. The van der Waals surface area contributed by atoms with Crippen molar-refractivity contribution in [3.8, 4) is 0 Å². The molecule has 0 amide bonds. The molecule has 0 saturated carbocycles. The van der Waals surface area contributed by atoms with Gasteiger partial charge in [-0.25, -0.2) is 8.42 Å². The van der Waals surface area contributed by atoms with Crippen molar-refractivity contribution in [3.05, 3.63) is 16.0 Å². The van der Waals surface area contributed by atoms with Crippen LogP contribution in [0.5, 0.6) is 0 Å². The van der Waals surface area contributed by atoms with Gasteiger partial charge in [0.2, 0.25) is 0 Å². The third-order valence-corrected chi connectivity index (χ3v) is 6.99. The predicted octanol–water partition coefficient (Wildman–Crippen LogP) is 2.04. The second kappa shape index (κ2) is 5.40. The summed E-state index contributed by atoms with van der Waals surface area (Å²) < 4.78 is 31.5. The van der Waals surface area contributed by atoms with Crippen molar-refractivity contribution >= 4 is 38.9 Å². The fraction of sp³-hybridized carbons (Fsp3) is 0.545. The molecule has 2 heterocycles. The molecule has 8 heteroatoms. The van der Waals surface area contributed by atoms with Crippen LogP contribution in [0.25, 0.3) is 0 Å². The van der Waals surface area contributed by atoms with Crippen LogP contribution in [0.2, 0.25) is 4.34 Å². The molecule has 0 spiro atoms. The molecule has 1 aromatic rings. The Labute approximate surface area is 121 Å². The maximum absolute atomic E-state index is 12.5. The quantitative estimate of drug-likeness (QED) is 0.798. The van der Waals surface area contributed by atoms with E-state index in [0.29, 0.717) is 23.7 Å². The number of aryl methyl sites for hydroxylation is 1. The molecule has 0 aromatic carbocycles. The van der Waals surface area contributed by atoms with E-state index in [4.69, 9.17) is 11.6 Å². The van der Waals surface area contributed by atoms with Crippen molar-refractivity contribution in [3.63, 3.8) is 0 Å². The Hall–Kier alpha value is -0.630. The van der Waals surface area contributed by atoms with Crippen molar-refractivity contribution in [1.29, 1.82) is 0 Å². The van der Waals surface area contributed by atoms with Gasteiger partial charge in [-0.1, -0.05) is 11.6 Å². The average molecular weight is 324 g/mol. The standard InChI is InChI=1S/C11H14ClNO4S2/c1-7-6-9(18-10(7)12)19(15,16)13-5-3-4-8(13)11(14)17-2/h6,8H,3-5H2,1-2H3. The zero-order valence-corrected chi connectivity index (χ0v) is 12.9. The second-order valence-corrected chi connectivity index (χ2v) is 8.09. The van der Waals surface area contributed by atoms with E-state index in [2.05, 4.69) is 4.74 Å². The molecule has 1 atom stereocenters. The van der Waals surface area contributed by atoms with E-state index in [9.17, 15) is 13.2 Å². The highest BCUT2D eigenvalue weighted by molar-refractivity contribution is 7.91. The average Bonchev–Trinajstić information content (AvgIpc) is 2.97. The first kappa shape index (κ1) is 14.8. The van der Waals surface area contributed by atoms with Gasteiger partial charge in [0.25, 0.3) is 10.0 Å². The molecule has 19 heavy (non-hydrogen) atoms. The van der Waals surface area contributed by atoms with Crippen molar-refractivity contribution < 1.29 is 17.9 Å². The van der Waals surface area contributed by atoms with Gasteiger partial charge in [-0.05, 0) is 31.4 Å². The first-order valence-electron chi connectivity index (χ1n) is 5.73. The summed E-state index contributed by atoms with van der Waals surface area (Å²) in [6.07, 6.45) is 1.14. The Morgan fingerprint density at radius 1 is 1.58 bits per heavy atom. The molecule has 1 aliphatic rings. The lowest BCUT2D eigenvalue weighted by molar-refractivity contribution is -0.144. The minimum Gasteiger partial charge on any atom is -0.468 e. The molecule has 1 fully saturated rings. The number of rotatable bonds is 3. The predicted molar refractivity (Wildman–Crippen MR) is 73.0 cm³/mol. The Morgan fingerprint density at radius 2 is 2.26 bits per heavy atom. The number of sulfonamides is 1. The van der Waals surface area contributed by atoms with Crippen LogP contribution >= 0.6 is 22.9 Å². The molecule has 0 N–H and O–H groups in total. The van der Waals surface area contributed by atoms with Crippen LogP contribution in [0.3, 0.4) is 0 Å². The van der Waals surface area contributed by atoms with Crippen LogP contribution in [-0.2, 0) is 19.6 Å². The number of carbonyl (C=O) groups is 1. The van der Waals surface area contributed by atoms with Gasteiger partial charge in [0, 0.05) is 6.54 Å². The maximum Gasteiger partial charge on any atom is 0.324 e. The highest BCUT2D eigenvalue weighted by Crippen LogP contribution is 2.34. The summed E-state index contributed by atoms with van der Waals surface area (Å²) >= 11 is 6.93. The van der Waals surface area contributed by atoms with Gasteiger partial charge in [0.15, 0.2) is 0 Å². The molecule has 106 valence electrons. The largest absolute Gasteiger partial charge is 0.468 e. The lowest BCUT2D eigenvalue weighted by Gasteiger charge is -2.21. The normalized spacial score (nSPS) is 20.7. The van der Waals surface area contributed by atoms with E-state index in [1.807, 2.05) is 0 Å². The number of ether oxygens (including phenoxy) is 1. The molecule has 1 saturated heterocycles. The van der Waals surface area contributed by atoms with Crippen LogP contribution in [-0.4, -0.2) is 38.4 Å². The lowest BCUT2D eigenvalue weighted by Crippen LogP contribution is -2.40. The molecule has 0 bridgehead atoms. The molecule has 1 aliphatic heterocycles. The van der Waals surface area contributed by atoms with Crippen LogP contribution in [0.1, 0.15) is 18.4 Å². The number of esters is 1. The summed E-state index contributed by atoms with van der Waals surface area (Å²) in [5.74, 6) is -0.513. The highest BCUT2D eigenvalue weighted by Gasteiger charge is 2.40. The summed E-state index contributed by atoms with van der Waals surface area (Å²) in [6, 6.07) is 0.811. The summed E-state index contributed by atoms with van der Waals surface area (Å²) in [5.41, 5.74) is 0.721. The highest BCUT2D eigenvalue weighted by atomic mass is 35.5. The molecule has 0 radical (unpaired) electrons. The van der Waals surface area contributed by atoms with E-state index in [1.165, 1.54) is 17.5 Å². The lowest BCUT2D eigenvalue weighted by atomic mass is 10.2. The van der Waals surface area contributed by atoms with Gasteiger partial charge in [0.05, 0.1) is 11.4 Å². The summed E-state index contributed by atoms with van der Waals surface area (Å²) in [5, 5.41) is 0. The van der Waals surface area contributed by atoms with Crippen LogP contribution in [0.15, 0.2) is 10.3 Å².